The third-order valence-corrected chi connectivity index (χ3v) is 6.39. The maximum atomic E-state index is 14.3. The predicted octanol–water partition coefficient (Wildman–Crippen LogP) is 6.27. The number of halogens is 2. The molecule has 4 rings (SSSR count). The van der Waals surface area contributed by atoms with Crippen molar-refractivity contribution < 1.29 is 13.6 Å². The van der Waals surface area contributed by atoms with Crippen molar-refractivity contribution in [1.82, 2.24) is 9.88 Å². The molecular formula is C29H29F2N3O. The molecule has 0 aliphatic rings. The van der Waals surface area contributed by atoms with Crippen LogP contribution in [0.4, 0.5) is 8.78 Å². The van der Waals surface area contributed by atoms with Gasteiger partial charge in [-0.05, 0) is 78.4 Å². The first-order valence-electron chi connectivity index (χ1n) is 11.7. The molecule has 1 aromatic heterocycles. The molecule has 0 spiro atoms. The quantitative estimate of drug-likeness (QED) is 0.359. The normalized spacial score (nSPS) is 12.1. The number of carbonyl (C=O) groups excluding carboxylic acids is 1. The Morgan fingerprint density at radius 3 is 2.51 bits per heavy atom. The maximum absolute atomic E-state index is 14.3. The van der Waals surface area contributed by atoms with Crippen LogP contribution in [0.3, 0.4) is 0 Å². The molecule has 0 aliphatic carbocycles. The third-order valence-electron chi connectivity index (χ3n) is 6.39. The summed E-state index contributed by atoms with van der Waals surface area (Å²) in [5.74, 6) is -0.912. The molecule has 180 valence electrons. The smallest absolute Gasteiger partial charge is 0.255 e. The summed E-state index contributed by atoms with van der Waals surface area (Å²) in [6.07, 6.45) is 2.35. The topological polar surface area (TPSA) is 59.2 Å². The molecule has 2 N–H and O–H groups in total. The minimum Gasteiger partial charge on any atom is -0.340 e. The lowest BCUT2D eigenvalue weighted by atomic mass is 9.92. The van der Waals surface area contributed by atoms with Crippen LogP contribution in [0.15, 0.2) is 60.8 Å². The van der Waals surface area contributed by atoms with Gasteiger partial charge in [0, 0.05) is 36.8 Å². The Morgan fingerprint density at radius 2 is 1.80 bits per heavy atom. The van der Waals surface area contributed by atoms with Gasteiger partial charge in [-0.2, -0.15) is 0 Å². The summed E-state index contributed by atoms with van der Waals surface area (Å²) in [6, 6.07) is 15.0. The van der Waals surface area contributed by atoms with E-state index in [1.165, 1.54) is 18.2 Å². The van der Waals surface area contributed by atoms with E-state index in [-0.39, 0.29) is 23.6 Å². The molecule has 0 aliphatic heterocycles. The Labute approximate surface area is 204 Å². The van der Waals surface area contributed by atoms with Crippen molar-refractivity contribution >= 4 is 16.8 Å². The van der Waals surface area contributed by atoms with E-state index in [9.17, 15) is 13.6 Å². The number of aryl methyl sites for hydroxylation is 1. The number of likely N-dealkylation sites (N-methyl/N-ethyl adjacent to an activating group) is 1. The minimum atomic E-state index is -0.385. The highest BCUT2D eigenvalue weighted by Crippen LogP contribution is 2.34. The summed E-state index contributed by atoms with van der Waals surface area (Å²) >= 11 is 0. The number of nitrogens with two attached hydrogens (primary N) is 1. The van der Waals surface area contributed by atoms with Crippen molar-refractivity contribution in [2.45, 2.75) is 33.2 Å². The monoisotopic (exact) mass is 473 g/mol. The minimum absolute atomic E-state index is 0.164. The summed E-state index contributed by atoms with van der Waals surface area (Å²) in [6.45, 7) is 5.88. The van der Waals surface area contributed by atoms with Crippen LogP contribution >= 0.6 is 0 Å². The van der Waals surface area contributed by atoms with E-state index < -0.39 is 0 Å². The molecule has 0 saturated carbocycles. The molecule has 3 aromatic carbocycles. The average molecular weight is 474 g/mol. The van der Waals surface area contributed by atoms with Crippen molar-refractivity contribution in [3.63, 3.8) is 0 Å². The van der Waals surface area contributed by atoms with Crippen LogP contribution in [0.2, 0.25) is 0 Å². The molecular weight excluding hydrogens is 444 g/mol. The van der Waals surface area contributed by atoms with E-state index in [4.69, 9.17) is 5.73 Å². The number of fused-ring (bicyclic) bond motifs is 1. The van der Waals surface area contributed by atoms with E-state index in [2.05, 4.69) is 4.98 Å². The van der Waals surface area contributed by atoms with Gasteiger partial charge in [-0.25, -0.2) is 8.78 Å². The van der Waals surface area contributed by atoms with E-state index in [1.54, 1.807) is 38.1 Å². The van der Waals surface area contributed by atoms with Crippen LogP contribution in [0.5, 0.6) is 0 Å². The van der Waals surface area contributed by atoms with E-state index >= 15 is 0 Å². The molecule has 1 heterocycles. The van der Waals surface area contributed by atoms with Crippen LogP contribution in [0, 0.1) is 25.5 Å². The first-order valence-corrected chi connectivity index (χ1v) is 11.7. The van der Waals surface area contributed by atoms with Crippen molar-refractivity contribution in [3.8, 4) is 22.3 Å². The van der Waals surface area contributed by atoms with Gasteiger partial charge in [0.2, 0.25) is 0 Å². The second kappa shape index (κ2) is 9.92. The molecule has 0 bridgehead atoms. The number of hydrogen-bond donors (Lipinski definition) is 1. The molecule has 0 saturated heterocycles. The van der Waals surface area contributed by atoms with Gasteiger partial charge >= 0.3 is 0 Å². The van der Waals surface area contributed by atoms with E-state index in [1.807, 2.05) is 37.3 Å². The number of rotatable bonds is 6. The highest BCUT2D eigenvalue weighted by Gasteiger charge is 2.23. The van der Waals surface area contributed by atoms with Gasteiger partial charge in [-0.1, -0.05) is 31.2 Å². The lowest BCUT2D eigenvalue weighted by Gasteiger charge is -2.23. The van der Waals surface area contributed by atoms with Gasteiger partial charge in [0.15, 0.2) is 0 Å². The number of nitrogens with zero attached hydrogens (tertiary/aromatic N) is 2. The molecule has 0 fully saturated rings. The van der Waals surface area contributed by atoms with Gasteiger partial charge in [0.25, 0.3) is 5.91 Å². The fourth-order valence-corrected chi connectivity index (χ4v) is 4.38. The second-order valence-corrected chi connectivity index (χ2v) is 9.06. The zero-order valence-electron chi connectivity index (χ0n) is 20.4. The zero-order chi connectivity index (χ0) is 25.3. The Hall–Kier alpha value is -3.64. The highest BCUT2D eigenvalue weighted by molar-refractivity contribution is 6.12. The Balaban J connectivity index is 1.99. The van der Waals surface area contributed by atoms with Gasteiger partial charge in [-0.3, -0.25) is 9.78 Å². The molecule has 6 heteroatoms. The van der Waals surface area contributed by atoms with E-state index in [0.29, 0.717) is 39.7 Å². The van der Waals surface area contributed by atoms with Crippen LogP contribution in [-0.2, 0) is 0 Å². The number of amides is 1. The van der Waals surface area contributed by atoms with Crippen molar-refractivity contribution in [2.24, 2.45) is 5.73 Å². The number of pyridine rings is 1. The summed E-state index contributed by atoms with van der Waals surface area (Å²) in [5.41, 5.74) is 11.0. The third kappa shape index (κ3) is 4.93. The van der Waals surface area contributed by atoms with Gasteiger partial charge in [0.1, 0.15) is 11.6 Å². The van der Waals surface area contributed by atoms with Crippen LogP contribution < -0.4 is 5.73 Å². The Morgan fingerprint density at radius 1 is 1.03 bits per heavy atom. The SMILES string of the molecule is CCC(N)CN(C)C(=O)c1c(-c2cc(C)cc(F)c2)cnc2ccc(-c3cccc(F)c3C)cc12. The van der Waals surface area contributed by atoms with Gasteiger partial charge in [-0.15, -0.1) is 0 Å². The Bertz CT molecular complexity index is 1400. The molecule has 4 aromatic rings. The number of benzene rings is 3. The van der Waals surface area contributed by atoms with Crippen molar-refractivity contribution in [1.29, 1.82) is 0 Å². The maximum Gasteiger partial charge on any atom is 0.255 e. The summed E-state index contributed by atoms with van der Waals surface area (Å²) in [5, 5.41) is 0.618. The summed E-state index contributed by atoms with van der Waals surface area (Å²) < 4.78 is 28.6. The molecule has 35 heavy (non-hydrogen) atoms. The first-order chi connectivity index (χ1) is 16.7. The Kier molecular flexibility index (Phi) is 6.94. The molecule has 1 atom stereocenters. The molecule has 0 radical (unpaired) electrons. The zero-order valence-corrected chi connectivity index (χ0v) is 20.4. The number of aromatic nitrogens is 1. The number of hydrogen-bond acceptors (Lipinski definition) is 3. The van der Waals surface area contributed by atoms with Gasteiger partial charge < -0.3 is 10.6 Å². The fourth-order valence-electron chi connectivity index (χ4n) is 4.38. The van der Waals surface area contributed by atoms with Crippen LogP contribution in [0.25, 0.3) is 33.2 Å². The standard InChI is InChI=1S/C29H29F2N3O/c1-5-22(32)16-34(4)29(35)28-24-14-19(23-7-6-8-26(31)18(23)3)9-10-27(24)33-15-25(28)20-11-17(2)12-21(30)13-20/h6-15,22H,5,16,32H2,1-4H3. The lowest BCUT2D eigenvalue weighted by molar-refractivity contribution is 0.0788. The lowest BCUT2D eigenvalue weighted by Crippen LogP contribution is -2.38. The number of carbonyl (C=O) groups is 1. The van der Waals surface area contributed by atoms with E-state index in [0.717, 1.165) is 23.1 Å². The van der Waals surface area contributed by atoms with Gasteiger partial charge in [0.05, 0.1) is 11.1 Å². The molecule has 1 unspecified atom stereocenters. The van der Waals surface area contributed by atoms with Crippen molar-refractivity contribution in [3.05, 3.63) is 89.1 Å². The largest absolute Gasteiger partial charge is 0.340 e. The molecule has 1 amide bonds. The highest BCUT2D eigenvalue weighted by atomic mass is 19.1. The predicted molar refractivity (Wildman–Crippen MR) is 137 cm³/mol. The second-order valence-electron chi connectivity index (χ2n) is 9.06. The van der Waals surface area contributed by atoms with Crippen LogP contribution in [-0.4, -0.2) is 35.4 Å². The molecule has 4 nitrogen and oxygen atoms in total. The first kappa shape index (κ1) is 24.5. The van der Waals surface area contributed by atoms with Crippen molar-refractivity contribution in [2.75, 3.05) is 13.6 Å². The fraction of sp³-hybridized carbons (Fsp3) is 0.241. The summed E-state index contributed by atoms with van der Waals surface area (Å²) in [7, 11) is 1.71. The van der Waals surface area contributed by atoms with Crippen LogP contribution in [0.1, 0.15) is 34.8 Å². The summed E-state index contributed by atoms with van der Waals surface area (Å²) in [4.78, 5) is 20.0. The average Bonchev–Trinajstić information content (AvgIpc) is 2.83.